The van der Waals surface area contributed by atoms with Gasteiger partial charge in [0.05, 0.1) is 0 Å². The maximum Gasteiger partial charge on any atom is 0.189 e. The molecule has 0 aliphatic carbocycles. The van der Waals surface area contributed by atoms with Gasteiger partial charge in [-0.05, 0) is 36.5 Å². The number of aryl methyl sites for hydroxylation is 2. The molecule has 3 aromatic rings. The van der Waals surface area contributed by atoms with Crippen LogP contribution in [0.1, 0.15) is 85.3 Å². The molecule has 0 spiro atoms. The maximum absolute atomic E-state index is 12.4. The van der Waals surface area contributed by atoms with Gasteiger partial charge in [0.25, 0.3) is 0 Å². The second-order valence-corrected chi connectivity index (χ2v) is 9.26. The number of carbonyl (C=O) groups is 1. The number of aliphatic hydroxyl groups is 1. The summed E-state index contributed by atoms with van der Waals surface area (Å²) in [7, 11) is 0. The first kappa shape index (κ1) is 25.5. The lowest BCUT2D eigenvalue weighted by Crippen LogP contribution is -1.96. The molecule has 0 aliphatic rings. The number of allylic oxidation sites excluding steroid dienone is 1. The molecule has 0 aliphatic heterocycles. The van der Waals surface area contributed by atoms with E-state index >= 15 is 0 Å². The van der Waals surface area contributed by atoms with E-state index in [1.165, 1.54) is 63.0 Å². The van der Waals surface area contributed by atoms with Gasteiger partial charge in [0, 0.05) is 17.2 Å². The zero-order valence-electron chi connectivity index (χ0n) is 20.7. The summed E-state index contributed by atoms with van der Waals surface area (Å²) in [4.78, 5) is 12.4. The van der Waals surface area contributed by atoms with Crippen LogP contribution in [0.3, 0.4) is 0 Å². The van der Waals surface area contributed by atoms with Gasteiger partial charge in [-0.2, -0.15) is 0 Å². The predicted octanol–water partition coefficient (Wildman–Crippen LogP) is 9.13. The summed E-state index contributed by atoms with van der Waals surface area (Å²) < 4.78 is 0. The second kappa shape index (κ2) is 13.5. The van der Waals surface area contributed by atoms with E-state index in [0.29, 0.717) is 11.1 Å². The molecule has 0 saturated carbocycles. The van der Waals surface area contributed by atoms with Crippen LogP contribution in [0.4, 0.5) is 0 Å². The molecule has 1 N–H and O–H groups in total. The van der Waals surface area contributed by atoms with E-state index in [4.69, 9.17) is 0 Å². The Kier molecular flexibility index (Phi) is 10.2. The molecular weight excluding hydrogens is 416 g/mol. The monoisotopic (exact) mass is 454 g/mol. The standard InChI is InChI=1S/C32H38O2/c1-3-4-5-6-7-8-9-10-11-26-14-18-27(19-15-26)28-20-22-30(23-21-28)32(34)24-31(33)29-16-12-25(2)13-17-29/h12-24,34H,3-11H2,1-2H3/b32-24-. The van der Waals surface area contributed by atoms with Gasteiger partial charge in [-0.1, -0.05) is 130 Å². The van der Waals surface area contributed by atoms with E-state index in [1.54, 1.807) is 12.1 Å². The molecule has 3 rings (SSSR count). The summed E-state index contributed by atoms with van der Waals surface area (Å²) >= 11 is 0. The Morgan fingerprint density at radius 3 is 1.76 bits per heavy atom. The van der Waals surface area contributed by atoms with Crippen molar-refractivity contribution in [2.45, 2.75) is 71.6 Å². The normalized spacial score (nSPS) is 11.5. The Bertz CT molecular complexity index is 1040. The molecule has 178 valence electrons. The lowest BCUT2D eigenvalue weighted by Gasteiger charge is -2.07. The summed E-state index contributed by atoms with van der Waals surface area (Å²) in [5.74, 6) is -0.216. The second-order valence-electron chi connectivity index (χ2n) is 9.26. The Balaban J connectivity index is 1.50. The minimum absolute atomic E-state index is 0.0159. The number of benzene rings is 3. The van der Waals surface area contributed by atoms with E-state index in [1.807, 2.05) is 43.3 Å². The highest BCUT2D eigenvalue weighted by Gasteiger charge is 2.07. The molecule has 0 aromatic heterocycles. The van der Waals surface area contributed by atoms with Gasteiger partial charge in [0.1, 0.15) is 5.76 Å². The lowest BCUT2D eigenvalue weighted by molar-refractivity contribution is 0.104. The maximum atomic E-state index is 12.4. The number of unbranched alkanes of at least 4 members (excludes halogenated alkanes) is 7. The quantitative estimate of drug-likeness (QED) is 0.121. The number of carbonyl (C=O) groups excluding carboxylic acids is 1. The van der Waals surface area contributed by atoms with Crippen molar-refractivity contribution in [3.63, 3.8) is 0 Å². The van der Waals surface area contributed by atoms with Crippen LogP contribution in [0.25, 0.3) is 16.9 Å². The average Bonchev–Trinajstić information content (AvgIpc) is 2.86. The zero-order valence-corrected chi connectivity index (χ0v) is 20.7. The van der Waals surface area contributed by atoms with Crippen molar-refractivity contribution < 1.29 is 9.90 Å². The largest absolute Gasteiger partial charge is 0.507 e. The number of hydrogen-bond donors (Lipinski definition) is 1. The number of aliphatic hydroxyl groups excluding tert-OH is 1. The van der Waals surface area contributed by atoms with Crippen molar-refractivity contribution in [1.82, 2.24) is 0 Å². The van der Waals surface area contributed by atoms with E-state index in [-0.39, 0.29) is 11.5 Å². The molecule has 0 heterocycles. The van der Waals surface area contributed by atoms with Gasteiger partial charge in [-0.15, -0.1) is 0 Å². The summed E-state index contributed by atoms with van der Waals surface area (Å²) in [6, 6.07) is 23.8. The summed E-state index contributed by atoms with van der Waals surface area (Å²) in [5.41, 5.74) is 5.95. The topological polar surface area (TPSA) is 37.3 Å². The molecule has 3 aromatic carbocycles. The van der Waals surface area contributed by atoms with Crippen LogP contribution in [0.5, 0.6) is 0 Å². The van der Waals surface area contributed by atoms with E-state index in [2.05, 4.69) is 31.2 Å². The molecular formula is C32H38O2. The summed E-state index contributed by atoms with van der Waals surface area (Å²) in [6.07, 6.45) is 13.2. The first-order chi connectivity index (χ1) is 16.6. The SMILES string of the molecule is CCCCCCCCCCc1ccc(-c2ccc(/C(O)=C/C(=O)c3ccc(C)cc3)cc2)cc1. The van der Waals surface area contributed by atoms with Crippen molar-refractivity contribution in [2.24, 2.45) is 0 Å². The van der Waals surface area contributed by atoms with Crippen LogP contribution in [0.2, 0.25) is 0 Å². The molecule has 0 radical (unpaired) electrons. The van der Waals surface area contributed by atoms with E-state index in [9.17, 15) is 9.90 Å². The predicted molar refractivity (Wildman–Crippen MR) is 144 cm³/mol. The van der Waals surface area contributed by atoms with Crippen LogP contribution >= 0.6 is 0 Å². The van der Waals surface area contributed by atoms with Crippen LogP contribution in [0, 0.1) is 6.92 Å². The van der Waals surface area contributed by atoms with Gasteiger partial charge in [0.2, 0.25) is 0 Å². The molecule has 0 atom stereocenters. The fourth-order valence-corrected chi connectivity index (χ4v) is 4.17. The third kappa shape index (κ3) is 8.02. The molecule has 0 amide bonds. The molecule has 0 fully saturated rings. The Labute approximate surface area is 205 Å². The van der Waals surface area contributed by atoms with Gasteiger partial charge in [-0.3, -0.25) is 4.79 Å². The zero-order chi connectivity index (χ0) is 24.2. The first-order valence-electron chi connectivity index (χ1n) is 12.8. The van der Waals surface area contributed by atoms with E-state index < -0.39 is 0 Å². The molecule has 34 heavy (non-hydrogen) atoms. The van der Waals surface area contributed by atoms with Crippen LogP contribution < -0.4 is 0 Å². The van der Waals surface area contributed by atoms with Crippen molar-refractivity contribution in [3.8, 4) is 11.1 Å². The van der Waals surface area contributed by atoms with Gasteiger partial charge in [0.15, 0.2) is 5.78 Å². The first-order valence-corrected chi connectivity index (χ1v) is 12.8. The summed E-state index contributed by atoms with van der Waals surface area (Å²) in [5, 5.41) is 10.4. The van der Waals surface area contributed by atoms with Crippen molar-refractivity contribution >= 4 is 11.5 Å². The van der Waals surface area contributed by atoms with Crippen molar-refractivity contribution in [3.05, 3.63) is 101 Å². The molecule has 2 nitrogen and oxygen atoms in total. The smallest absolute Gasteiger partial charge is 0.189 e. The molecule has 0 unspecified atom stereocenters. The minimum atomic E-state index is -0.200. The highest BCUT2D eigenvalue weighted by atomic mass is 16.3. The van der Waals surface area contributed by atoms with Crippen molar-refractivity contribution in [1.29, 1.82) is 0 Å². The molecule has 0 bridgehead atoms. The highest BCUT2D eigenvalue weighted by Crippen LogP contribution is 2.23. The highest BCUT2D eigenvalue weighted by molar-refractivity contribution is 6.07. The van der Waals surface area contributed by atoms with Crippen LogP contribution in [-0.2, 0) is 6.42 Å². The summed E-state index contributed by atoms with van der Waals surface area (Å²) in [6.45, 7) is 4.24. The Morgan fingerprint density at radius 2 is 1.18 bits per heavy atom. The van der Waals surface area contributed by atoms with Crippen molar-refractivity contribution in [2.75, 3.05) is 0 Å². The van der Waals surface area contributed by atoms with Gasteiger partial charge >= 0.3 is 0 Å². The Morgan fingerprint density at radius 1 is 0.676 bits per heavy atom. The average molecular weight is 455 g/mol. The van der Waals surface area contributed by atoms with Gasteiger partial charge < -0.3 is 5.11 Å². The lowest BCUT2D eigenvalue weighted by atomic mass is 9.99. The molecule has 2 heteroatoms. The number of rotatable bonds is 13. The van der Waals surface area contributed by atoms with Crippen LogP contribution in [0.15, 0.2) is 78.9 Å². The number of ketones is 1. The minimum Gasteiger partial charge on any atom is -0.507 e. The van der Waals surface area contributed by atoms with Gasteiger partial charge in [-0.25, -0.2) is 0 Å². The third-order valence-corrected chi connectivity index (χ3v) is 6.39. The van der Waals surface area contributed by atoms with E-state index in [0.717, 1.165) is 23.1 Å². The third-order valence-electron chi connectivity index (χ3n) is 6.39. The Hall–Kier alpha value is -3.13. The number of hydrogen-bond acceptors (Lipinski definition) is 2. The fourth-order valence-electron chi connectivity index (χ4n) is 4.17. The fraction of sp³-hybridized carbons (Fsp3) is 0.344. The van der Waals surface area contributed by atoms with Crippen LogP contribution in [-0.4, -0.2) is 10.9 Å². The molecule has 0 saturated heterocycles.